The first kappa shape index (κ1) is 15.8. The minimum atomic E-state index is -0.190. The van der Waals surface area contributed by atoms with Crippen LogP contribution in [0.4, 0.5) is 11.4 Å². The predicted molar refractivity (Wildman–Crippen MR) is 93.5 cm³/mol. The number of H-pyrrole nitrogens is 1. The standard InChI is InChI=1S/C16H20ClN5O/c17-13-2-1-3-15(10-13)22-8-6-21(7-9-22)5-4-18-14-11-16(23)20-19-12-14/h1-3,10-12H,4-9H2,(H2,18,20,23). The second-order valence-electron chi connectivity index (χ2n) is 5.57. The molecular weight excluding hydrogens is 314 g/mol. The molecule has 1 aliphatic rings. The highest BCUT2D eigenvalue weighted by Crippen LogP contribution is 2.20. The van der Waals surface area contributed by atoms with E-state index in [1.54, 1.807) is 6.20 Å². The van der Waals surface area contributed by atoms with Crippen molar-refractivity contribution < 1.29 is 0 Å². The average molecular weight is 334 g/mol. The number of aromatic amines is 1. The summed E-state index contributed by atoms with van der Waals surface area (Å²) < 4.78 is 0. The van der Waals surface area contributed by atoms with Crippen molar-refractivity contribution in [3.63, 3.8) is 0 Å². The fourth-order valence-corrected chi connectivity index (χ4v) is 2.92. The normalized spacial score (nSPS) is 15.6. The van der Waals surface area contributed by atoms with Crippen LogP contribution in [0.15, 0.2) is 41.3 Å². The third-order valence-corrected chi connectivity index (χ3v) is 4.20. The van der Waals surface area contributed by atoms with Gasteiger partial charge in [0, 0.05) is 56.0 Å². The Morgan fingerprint density at radius 1 is 1.22 bits per heavy atom. The number of halogens is 1. The molecule has 23 heavy (non-hydrogen) atoms. The van der Waals surface area contributed by atoms with Crippen LogP contribution in [-0.4, -0.2) is 54.4 Å². The van der Waals surface area contributed by atoms with Crippen molar-refractivity contribution >= 4 is 23.0 Å². The quantitative estimate of drug-likeness (QED) is 0.871. The number of nitrogens with zero attached hydrogens (tertiary/aromatic N) is 3. The second-order valence-corrected chi connectivity index (χ2v) is 6.01. The van der Waals surface area contributed by atoms with Gasteiger partial charge in [-0.2, -0.15) is 5.10 Å². The lowest BCUT2D eigenvalue weighted by molar-refractivity contribution is 0.267. The number of nitrogens with one attached hydrogen (secondary N) is 2. The molecule has 0 unspecified atom stereocenters. The van der Waals surface area contributed by atoms with Crippen molar-refractivity contribution in [3.05, 3.63) is 51.9 Å². The summed E-state index contributed by atoms with van der Waals surface area (Å²) in [4.78, 5) is 15.9. The number of anilines is 2. The highest BCUT2D eigenvalue weighted by Gasteiger charge is 2.16. The Balaban J connectivity index is 1.43. The van der Waals surface area contributed by atoms with Crippen molar-refractivity contribution in [2.75, 3.05) is 49.5 Å². The fourth-order valence-electron chi connectivity index (χ4n) is 2.73. The Kier molecular flexibility index (Phi) is 5.15. The van der Waals surface area contributed by atoms with Crippen molar-refractivity contribution in [3.8, 4) is 0 Å². The monoisotopic (exact) mass is 333 g/mol. The zero-order valence-corrected chi connectivity index (χ0v) is 13.6. The van der Waals surface area contributed by atoms with Crippen LogP contribution >= 0.6 is 11.6 Å². The largest absolute Gasteiger partial charge is 0.382 e. The van der Waals surface area contributed by atoms with Crippen LogP contribution in [-0.2, 0) is 0 Å². The van der Waals surface area contributed by atoms with Crippen molar-refractivity contribution in [1.82, 2.24) is 15.1 Å². The highest BCUT2D eigenvalue weighted by atomic mass is 35.5. The topological polar surface area (TPSA) is 64.3 Å². The summed E-state index contributed by atoms with van der Waals surface area (Å²) in [7, 11) is 0. The maximum Gasteiger partial charge on any atom is 0.266 e. The van der Waals surface area contributed by atoms with Gasteiger partial charge in [-0.15, -0.1) is 0 Å². The first-order valence-electron chi connectivity index (χ1n) is 7.72. The zero-order chi connectivity index (χ0) is 16.1. The molecule has 2 N–H and O–H groups in total. The van der Waals surface area contributed by atoms with E-state index in [-0.39, 0.29) is 5.56 Å². The molecule has 0 spiro atoms. The summed E-state index contributed by atoms with van der Waals surface area (Å²) in [6, 6.07) is 9.52. The molecule has 0 bridgehead atoms. The number of piperazine rings is 1. The van der Waals surface area contributed by atoms with Gasteiger partial charge in [0.2, 0.25) is 0 Å². The molecule has 6 nitrogen and oxygen atoms in total. The number of rotatable bonds is 5. The molecule has 3 rings (SSSR count). The van der Waals surface area contributed by atoms with E-state index in [2.05, 4.69) is 31.4 Å². The SMILES string of the molecule is O=c1cc(NCCN2CCN(c3cccc(Cl)c3)CC2)cn[nH]1. The fraction of sp³-hybridized carbons (Fsp3) is 0.375. The van der Waals surface area contributed by atoms with E-state index in [1.807, 2.05) is 18.2 Å². The molecule has 1 saturated heterocycles. The summed E-state index contributed by atoms with van der Waals surface area (Å²) in [6.45, 7) is 5.75. The Hall–Kier alpha value is -2.05. The number of hydrogen-bond donors (Lipinski definition) is 2. The van der Waals surface area contributed by atoms with Gasteiger partial charge in [-0.05, 0) is 18.2 Å². The summed E-state index contributed by atoms with van der Waals surface area (Å²) >= 11 is 6.06. The van der Waals surface area contributed by atoms with Gasteiger partial charge in [-0.25, -0.2) is 5.10 Å². The van der Waals surface area contributed by atoms with Gasteiger partial charge in [0.25, 0.3) is 5.56 Å². The van der Waals surface area contributed by atoms with Gasteiger partial charge >= 0.3 is 0 Å². The average Bonchev–Trinajstić information content (AvgIpc) is 2.56. The lowest BCUT2D eigenvalue weighted by Gasteiger charge is -2.36. The lowest BCUT2D eigenvalue weighted by Crippen LogP contribution is -2.47. The Morgan fingerprint density at radius 3 is 2.78 bits per heavy atom. The smallest absolute Gasteiger partial charge is 0.266 e. The molecule has 1 aromatic carbocycles. The molecule has 0 atom stereocenters. The maximum atomic E-state index is 11.2. The van der Waals surface area contributed by atoms with Crippen LogP contribution in [0.25, 0.3) is 0 Å². The van der Waals surface area contributed by atoms with Crippen LogP contribution in [0, 0.1) is 0 Å². The van der Waals surface area contributed by atoms with Gasteiger partial charge in [0.15, 0.2) is 0 Å². The number of hydrogen-bond acceptors (Lipinski definition) is 5. The zero-order valence-electron chi connectivity index (χ0n) is 12.8. The first-order chi connectivity index (χ1) is 11.2. The van der Waals surface area contributed by atoms with E-state index in [0.717, 1.165) is 50.0 Å². The van der Waals surface area contributed by atoms with E-state index in [4.69, 9.17) is 11.6 Å². The van der Waals surface area contributed by atoms with E-state index in [1.165, 1.54) is 11.8 Å². The number of benzene rings is 1. The molecule has 2 heterocycles. The van der Waals surface area contributed by atoms with Crippen molar-refractivity contribution in [2.24, 2.45) is 0 Å². The Labute approximate surface area is 140 Å². The minimum Gasteiger partial charge on any atom is -0.382 e. The Morgan fingerprint density at radius 2 is 2.04 bits per heavy atom. The molecule has 0 amide bonds. The van der Waals surface area contributed by atoms with Crippen LogP contribution in [0.1, 0.15) is 0 Å². The molecule has 7 heteroatoms. The summed E-state index contributed by atoms with van der Waals surface area (Å²) in [6.07, 6.45) is 1.62. The van der Waals surface area contributed by atoms with Gasteiger partial charge in [0.1, 0.15) is 0 Å². The van der Waals surface area contributed by atoms with Crippen LogP contribution in [0.5, 0.6) is 0 Å². The first-order valence-corrected chi connectivity index (χ1v) is 8.10. The van der Waals surface area contributed by atoms with Gasteiger partial charge in [-0.3, -0.25) is 9.69 Å². The van der Waals surface area contributed by atoms with Crippen molar-refractivity contribution in [1.29, 1.82) is 0 Å². The molecule has 1 fully saturated rings. The van der Waals surface area contributed by atoms with Gasteiger partial charge in [0.05, 0.1) is 11.9 Å². The predicted octanol–water partition coefficient (Wildman–Crippen LogP) is 1.66. The third kappa shape index (κ3) is 4.46. The molecule has 0 radical (unpaired) electrons. The molecule has 2 aromatic rings. The van der Waals surface area contributed by atoms with Crippen molar-refractivity contribution in [2.45, 2.75) is 0 Å². The Bertz CT molecular complexity index is 697. The molecule has 122 valence electrons. The molecule has 0 saturated carbocycles. The van der Waals surface area contributed by atoms with E-state index >= 15 is 0 Å². The summed E-state index contributed by atoms with van der Waals surface area (Å²) in [5.41, 5.74) is 1.75. The summed E-state index contributed by atoms with van der Waals surface area (Å²) in [5, 5.41) is 10.1. The second kappa shape index (κ2) is 7.48. The van der Waals surface area contributed by atoms with Crippen LogP contribution in [0.3, 0.4) is 0 Å². The number of aromatic nitrogens is 2. The molecule has 0 aliphatic carbocycles. The van der Waals surface area contributed by atoms with E-state index in [9.17, 15) is 4.79 Å². The van der Waals surface area contributed by atoms with Gasteiger partial charge in [-0.1, -0.05) is 17.7 Å². The van der Waals surface area contributed by atoms with Crippen LogP contribution in [0.2, 0.25) is 5.02 Å². The molecule has 1 aromatic heterocycles. The summed E-state index contributed by atoms with van der Waals surface area (Å²) in [5.74, 6) is 0. The van der Waals surface area contributed by atoms with E-state index in [0.29, 0.717) is 0 Å². The third-order valence-electron chi connectivity index (χ3n) is 3.97. The van der Waals surface area contributed by atoms with E-state index < -0.39 is 0 Å². The molecular formula is C16H20ClN5O. The minimum absolute atomic E-state index is 0.190. The highest BCUT2D eigenvalue weighted by molar-refractivity contribution is 6.30. The lowest BCUT2D eigenvalue weighted by atomic mass is 10.2. The van der Waals surface area contributed by atoms with Gasteiger partial charge < -0.3 is 10.2 Å². The molecule has 1 aliphatic heterocycles. The van der Waals surface area contributed by atoms with Crippen LogP contribution < -0.4 is 15.8 Å². The maximum absolute atomic E-state index is 11.2.